The van der Waals surface area contributed by atoms with Crippen LogP contribution in [0.1, 0.15) is 19.3 Å². The lowest BCUT2D eigenvalue weighted by Gasteiger charge is -2.40. The van der Waals surface area contributed by atoms with Gasteiger partial charge in [-0.15, -0.1) is 0 Å². The highest BCUT2D eigenvalue weighted by atomic mass is 79.9. The first kappa shape index (κ1) is 12.7. The fourth-order valence-corrected chi connectivity index (χ4v) is 3.34. The fraction of sp³-hybridized carbons (Fsp3) is 0.500. The van der Waals surface area contributed by atoms with Gasteiger partial charge in [-0.05, 0) is 47.0 Å². The average molecular weight is 368 g/mol. The Kier molecular flexibility index (Phi) is 4.20. The Morgan fingerprint density at radius 3 is 2.62 bits per heavy atom. The van der Waals surface area contributed by atoms with Gasteiger partial charge in [-0.2, -0.15) is 0 Å². The molecule has 0 N–H and O–H groups in total. The first-order valence-electron chi connectivity index (χ1n) is 5.29. The van der Waals surface area contributed by atoms with Gasteiger partial charge in [0.25, 0.3) is 0 Å². The molecule has 1 aliphatic rings. The van der Waals surface area contributed by atoms with Gasteiger partial charge in [0.1, 0.15) is 5.75 Å². The van der Waals surface area contributed by atoms with E-state index in [9.17, 15) is 0 Å². The third-order valence-electron chi connectivity index (χ3n) is 3.13. The second-order valence-electron chi connectivity index (χ2n) is 4.35. The lowest BCUT2D eigenvalue weighted by molar-refractivity contribution is 0.0834. The summed E-state index contributed by atoms with van der Waals surface area (Å²) < 4.78 is 6.77. The van der Waals surface area contributed by atoms with Gasteiger partial charge in [0.05, 0.1) is 11.1 Å². The number of hydrogen-bond donors (Lipinski definition) is 0. The van der Waals surface area contributed by atoms with Crippen molar-refractivity contribution in [3.8, 4) is 5.75 Å². The molecule has 4 heteroatoms. The largest absolute Gasteiger partial charge is 0.492 e. The third-order valence-corrected chi connectivity index (χ3v) is 5.17. The van der Waals surface area contributed by atoms with Gasteiger partial charge >= 0.3 is 0 Å². The molecule has 0 unspecified atom stereocenters. The molecule has 0 spiro atoms. The van der Waals surface area contributed by atoms with E-state index < -0.39 is 0 Å². The van der Waals surface area contributed by atoms with Crippen LogP contribution in [0.5, 0.6) is 5.75 Å². The molecule has 1 aromatic rings. The first-order chi connectivity index (χ1) is 7.65. The predicted molar refractivity (Wildman–Crippen MR) is 74.7 cm³/mol. The molecule has 0 radical (unpaired) electrons. The molecule has 0 amide bonds. The number of ether oxygens (including phenoxy) is 1. The van der Waals surface area contributed by atoms with E-state index in [-0.39, 0.29) is 0 Å². The van der Waals surface area contributed by atoms with Crippen molar-refractivity contribution in [3.63, 3.8) is 0 Å². The molecule has 0 heterocycles. The molecule has 2 rings (SSSR count). The zero-order valence-corrected chi connectivity index (χ0v) is 12.7. The summed E-state index contributed by atoms with van der Waals surface area (Å²) in [6, 6.07) is 5.62. The molecule has 1 aliphatic carbocycles. The molecule has 16 heavy (non-hydrogen) atoms. The highest BCUT2D eigenvalue weighted by Crippen LogP contribution is 2.43. The minimum Gasteiger partial charge on any atom is -0.492 e. The van der Waals surface area contributed by atoms with E-state index in [1.54, 1.807) is 0 Å². The minimum absolute atomic E-state index is 0.346. The zero-order chi connectivity index (χ0) is 11.6. The van der Waals surface area contributed by atoms with Crippen molar-refractivity contribution < 1.29 is 4.74 Å². The first-order valence-corrected chi connectivity index (χ1v) is 7.58. The van der Waals surface area contributed by atoms with E-state index in [0.717, 1.165) is 27.2 Å². The smallest absolute Gasteiger partial charge is 0.133 e. The SMILES string of the molecule is Clc1ccc(OCC2(CBr)CCC2)c(Br)c1. The number of benzene rings is 1. The van der Waals surface area contributed by atoms with E-state index in [2.05, 4.69) is 31.9 Å². The summed E-state index contributed by atoms with van der Waals surface area (Å²) in [6.45, 7) is 0.776. The lowest BCUT2D eigenvalue weighted by Crippen LogP contribution is -2.37. The van der Waals surface area contributed by atoms with Gasteiger partial charge in [0.2, 0.25) is 0 Å². The standard InChI is InChI=1S/C12H13Br2ClO/c13-7-12(4-1-5-12)8-16-11-3-2-9(15)6-10(11)14/h2-3,6H,1,4-5,7-8H2. The highest BCUT2D eigenvalue weighted by molar-refractivity contribution is 9.10. The van der Waals surface area contributed by atoms with Crippen molar-refractivity contribution in [2.24, 2.45) is 5.41 Å². The van der Waals surface area contributed by atoms with Crippen molar-refractivity contribution in [3.05, 3.63) is 27.7 Å². The summed E-state index contributed by atoms with van der Waals surface area (Å²) in [7, 11) is 0. The second-order valence-corrected chi connectivity index (χ2v) is 6.20. The number of hydrogen-bond acceptors (Lipinski definition) is 1. The molecule has 0 bridgehead atoms. The number of halogens is 3. The molecular formula is C12H13Br2ClO. The van der Waals surface area contributed by atoms with Crippen LogP contribution in [0, 0.1) is 5.41 Å². The highest BCUT2D eigenvalue weighted by Gasteiger charge is 2.36. The van der Waals surface area contributed by atoms with Gasteiger partial charge in [-0.1, -0.05) is 34.0 Å². The molecule has 0 saturated heterocycles. The van der Waals surface area contributed by atoms with Crippen LogP contribution in [-0.2, 0) is 0 Å². The maximum absolute atomic E-state index is 5.88. The molecular weight excluding hydrogens is 355 g/mol. The molecule has 1 fully saturated rings. The molecule has 0 aliphatic heterocycles. The van der Waals surface area contributed by atoms with Gasteiger partial charge in [-0.3, -0.25) is 0 Å². The Morgan fingerprint density at radius 2 is 2.12 bits per heavy atom. The Hall–Kier alpha value is 0.270. The van der Waals surface area contributed by atoms with Crippen molar-refractivity contribution in [1.82, 2.24) is 0 Å². The Morgan fingerprint density at radius 1 is 1.38 bits per heavy atom. The van der Waals surface area contributed by atoms with Gasteiger partial charge < -0.3 is 4.74 Å². The van der Waals surface area contributed by atoms with Gasteiger partial charge in [0, 0.05) is 15.8 Å². The lowest BCUT2D eigenvalue weighted by atomic mass is 9.71. The Bertz CT molecular complexity index is 372. The summed E-state index contributed by atoms with van der Waals surface area (Å²) in [6.07, 6.45) is 3.82. The van der Waals surface area contributed by atoms with E-state index in [1.807, 2.05) is 18.2 Å². The quantitative estimate of drug-likeness (QED) is 0.676. The Labute approximate surface area is 118 Å². The van der Waals surface area contributed by atoms with Crippen molar-refractivity contribution >= 4 is 43.5 Å². The minimum atomic E-state index is 0.346. The number of rotatable bonds is 4. The van der Waals surface area contributed by atoms with Crippen LogP contribution in [0.15, 0.2) is 22.7 Å². The van der Waals surface area contributed by atoms with E-state index >= 15 is 0 Å². The molecule has 1 aromatic carbocycles. The van der Waals surface area contributed by atoms with Crippen LogP contribution in [0.4, 0.5) is 0 Å². The molecule has 0 atom stereocenters. The summed E-state index contributed by atoms with van der Waals surface area (Å²) in [5.74, 6) is 0.872. The van der Waals surface area contributed by atoms with Crippen LogP contribution < -0.4 is 4.74 Å². The maximum Gasteiger partial charge on any atom is 0.133 e. The van der Waals surface area contributed by atoms with Crippen molar-refractivity contribution in [2.45, 2.75) is 19.3 Å². The van der Waals surface area contributed by atoms with Crippen LogP contribution >= 0.6 is 43.5 Å². The van der Waals surface area contributed by atoms with Gasteiger partial charge in [-0.25, -0.2) is 0 Å². The topological polar surface area (TPSA) is 9.23 Å². The van der Waals surface area contributed by atoms with E-state index in [4.69, 9.17) is 16.3 Å². The maximum atomic E-state index is 5.88. The van der Waals surface area contributed by atoms with Crippen molar-refractivity contribution in [1.29, 1.82) is 0 Å². The Balaban J connectivity index is 1.99. The molecule has 0 aromatic heterocycles. The van der Waals surface area contributed by atoms with Crippen LogP contribution in [-0.4, -0.2) is 11.9 Å². The second kappa shape index (κ2) is 5.28. The normalized spacial score (nSPS) is 17.9. The summed E-state index contributed by atoms with van der Waals surface area (Å²) in [5.41, 5.74) is 0.346. The average Bonchev–Trinajstić information content (AvgIpc) is 2.19. The molecule has 1 nitrogen and oxygen atoms in total. The molecule has 1 saturated carbocycles. The monoisotopic (exact) mass is 366 g/mol. The van der Waals surface area contributed by atoms with Crippen LogP contribution in [0.2, 0.25) is 5.02 Å². The fourth-order valence-electron chi connectivity index (χ4n) is 1.82. The number of alkyl halides is 1. The van der Waals surface area contributed by atoms with Crippen LogP contribution in [0.25, 0.3) is 0 Å². The van der Waals surface area contributed by atoms with Crippen LogP contribution in [0.3, 0.4) is 0 Å². The zero-order valence-electron chi connectivity index (χ0n) is 8.81. The van der Waals surface area contributed by atoms with E-state index in [0.29, 0.717) is 5.41 Å². The summed E-state index contributed by atoms with van der Waals surface area (Å²) >= 11 is 12.9. The molecule has 88 valence electrons. The van der Waals surface area contributed by atoms with Gasteiger partial charge in [0.15, 0.2) is 0 Å². The predicted octanol–water partition coefficient (Wildman–Crippen LogP) is 5.05. The summed E-state index contributed by atoms with van der Waals surface area (Å²) in [4.78, 5) is 0. The third kappa shape index (κ3) is 2.74. The summed E-state index contributed by atoms with van der Waals surface area (Å²) in [5, 5.41) is 1.74. The van der Waals surface area contributed by atoms with Crippen molar-refractivity contribution in [2.75, 3.05) is 11.9 Å². The van der Waals surface area contributed by atoms with E-state index in [1.165, 1.54) is 19.3 Å².